The zero-order valence-electron chi connectivity index (χ0n) is 14.9. The van der Waals surface area contributed by atoms with Gasteiger partial charge in [0.15, 0.2) is 0 Å². The lowest BCUT2D eigenvalue weighted by Gasteiger charge is -2.36. The fourth-order valence-corrected chi connectivity index (χ4v) is 3.78. The van der Waals surface area contributed by atoms with E-state index in [0.717, 1.165) is 25.2 Å². The van der Waals surface area contributed by atoms with Crippen LogP contribution in [-0.2, 0) is 9.53 Å². The van der Waals surface area contributed by atoms with Crippen LogP contribution >= 0.6 is 0 Å². The predicted molar refractivity (Wildman–Crippen MR) is 95.5 cm³/mol. The van der Waals surface area contributed by atoms with E-state index in [2.05, 4.69) is 53.0 Å². The summed E-state index contributed by atoms with van der Waals surface area (Å²) in [4.78, 5) is 14.8. The van der Waals surface area contributed by atoms with E-state index in [4.69, 9.17) is 4.74 Å². The number of amides is 1. The number of aryl methyl sites for hydroxylation is 2. The van der Waals surface area contributed by atoms with Crippen LogP contribution in [0.15, 0.2) is 30.0 Å². The molecule has 0 saturated carbocycles. The molecule has 3 aliphatic heterocycles. The number of ether oxygens (including phenoxy) is 1. The Bertz CT molecular complexity index is 719. The summed E-state index contributed by atoms with van der Waals surface area (Å²) >= 11 is 0. The first-order valence-electron chi connectivity index (χ1n) is 8.73. The zero-order valence-corrected chi connectivity index (χ0v) is 14.9. The number of hydrazine groups is 1. The van der Waals surface area contributed by atoms with E-state index in [0.29, 0.717) is 5.57 Å². The summed E-state index contributed by atoms with van der Waals surface area (Å²) in [6.07, 6.45) is 2.73. The van der Waals surface area contributed by atoms with Gasteiger partial charge in [0.05, 0.1) is 17.4 Å². The van der Waals surface area contributed by atoms with Crippen molar-refractivity contribution in [1.82, 2.24) is 21.0 Å². The number of carbonyl (C=O) groups excluding carboxylic acids is 1. The highest BCUT2D eigenvalue weighted by Gasteiger charge is 2.40. The van der Waals surface area contributed by atoms with Crippen molar-refractivity contribution in [2.75, 3.05) is 25.2 Å². The van der Waals surface area contributed by atoms with Crippen LogP contribution in [0, 0.1) is 13.8 Å². The third-order valence-electron chi connectivity index (χ3n) is 5.19. The SMILES string of the molecule is COC1CCN(C2NC(=O)C3=CN(c4ccc(C)cc4C)NC3N2)C1. The van der Waals surface area contributed by atoms with E-state index in [9.17, 15) is 4.79 Å². The molecule has 0 bridgehead atoms. The number of anilines is 1. The molecule has 1 amide bonds. The van der Waals surface area contributed by atoms with Gasteiger partial charge in [0, 0.05) is 26.4 Å². The second-order valence-corrected chi connectivity index (χ2v) is 6.99. The summed E-state index contributed by atoms with van der Waals surface area (Å²) < 4.78 is 5.43. The number of nitrogens with one attached hydrogen (secondary N) is 3. The molecule has 0 aliphatic carbocycles. The first kappa shape index (κ1) is 16.5. The van der Waals surface area contributed by atoms with Crippen LogP contribution in [0.4, 0.5) is 5.69 Å². The minimum absolute atomic E-state index is 0.0330. The van der Waals surface area contributed by atoms with Crippen LogP contribution in [0.3, 0.4) is 0 Å². The molecular formula is C18H25N5O2. The van der Waals surface area contributed by atoms with E-state index >= 15 is 0 Å². The van der Waals surface area contributed by atoms with Crippen LogP contribution in [0.25, 0.3) is 0 Å². The van der Waals surface area contributed by atoms with Crippen molar-refractivity contribution in [2.45, 2.75) is 38.8 Å². The fraction of sp³-hybridized carbons (Fsp3) is 0.500. The van der Waals surface area contributed by atoms with Crippen molar-refractivity contribution in [1.29, 1.82) is 0 Å². The van der Waals surface area contributed by atoms with Crippen LogP contribution in [0.5, 0.6) is 0 Å². The van der Waals surface area contributed by atoms with Crippen LogP contribution in [-0.4, -0.2) is 49.6 Å². The number of hydrogen-bond acceptors (Lipinski definition) is 6. The largest absolute Gasteiger partial charge is 0.380 e. The van der Waals surface area contributed by atoms with Crippen molar-refractivity contribution < 1.29 is 9.53 Å². The molecule has 3 unspecified atom stereocenters. The minimum atomic E-state index is -0.193. The smallest absolute Gasteiger partial charge is 0.254 e. The number of likely N-dealkylation sites (tertiary alicyclic amines) is 1. The molecular weight excluding hydrogens is 318 g/mol. The topological polar surface area (TPSA) is 68.9 Å². The van der Waals surface area contributed by atoms with Crippen molar-refractivity contribution in [3.05, 3.63) is 41.1 Å². The molecule has 25 heavy (non-hydrogen) atoms. The Kier molecular flexibility index (Phi) is 4.24. The van der Waals surface area contributed by atoms with Gasteiger partial charge in [-0.15, -0.1) is 0 Å². The third-order valence-corrected chi connectivity index (χ3v) is 5.19. The maximum Gasteiger partial charge on any atom is 0.254 e. The zero-order chi connectivity index (χ0) is 17.6. The van der Waals surface area contributed by atoms with E-state index < -0.39 is 0 Å². The Labute approximate surface area is 148 Å². The van der Waals surface area contributed by atoms with Crippen molar-refractivity contribution in [2.24, 2.45) is 0 Å². The number of hydrogen-bond donors (Lipinski definition) is 3. The fourth-order valence-electron chi connectivity index (χ4n) is 3.78. The minimum Gasteiger partial charge on any atom is -0.380 e. The number of rotatable bonds is 3. The van der Waals surface area contributed by atoms with Crippen LogP contribution in [0.2, 0.25) is 0 Å². The molecule has 0 radical (unpaired) electrons. The van der Waals surface area contributed by atoms with Crippen molar-refractivity contribution in [3.8, 4) is 0 Å². The molecule has 1 aromatic rings. The first-order valence-corrected chi connectivity index (χ1v) is 8.73. The lowest BCUT2D eigenvalue weighted by atomic mass is 10.1. The highest BCUT2D eigenvalue weighted by atomic mass is 16.5. The number of benzene rings is 1. The molecule has 0 aromatic heterocycles. The van der Waals surface area contributed by atoms with E-state index in [-0.39, 0.29) is 24.5 Å². The van der Waals surface area contributed by atoms with Crippen molar-refractivity contribution >= 4 is 11.6 Å². The van der Waals surface area contributed by atoms with Gasteiger partial charge in [0.2, 0.25) is 0 Å². The quantitative estimate of drug-likeness (QED) is 0.745. The second kappa shape index (κ2) is 6.42. The van der Waals surface area contributed by atoms with E-state index in [1.54, 1.807) is 7.11 Å². The molecule has 0 spiro atoms. The highest BCUT2D eigenvalue weighted by molar-refractivity contribution is 5.96. The van der Waals surface area contributed by atoms with Crippen molar-refractivity contribution in [3.63, 3.8) is 0 Å². The molecule has 134 valence electrons. The van der Waals surface area contributed by atoms with Gasteiger partial charge in [0.25, 0.3) is 5.91 Å². The molecule has 2 fully saturated rings. The molecule has 1 aromatic carbocycles. The number of fused-ring (bicyclic) bond motifs is 1. The predicted octanol–water partition coefficient (Wildman–Crippen LogP) is 0.562. The molecule has 3 atom stereocenters. The third kappa shape index (κ3) is 3.04. The van der Waals surface area contributed by atoms with Crippen LogP contribution in [0.1, 0.15) is 17.5 Å². The molecule has 7 heteroatoms. The van der Waals surface area contributed by atoms with Crippen LogP contribution < -0.4 is 21.1 Å². The average Bonchev–Trinajstić information content (AvgIpc) is 3.21. The van der Waals surface area contributed by atoms with Gasteiger partial charge in [-0.1, -0.05) is 17.7 Å². The summed E-state index contributed by atoms with van der Waals surface area (Å²) in [6.45, 7) is 5.88. The highest BCUT2D eigenvalue weighted by Crippen LogP contribution is 2.26. The Balaban J connectivity index is 1.49. The normalized spacial score (nSPS) is 29.6. The van der Waals surface area contributed by atoms with Gasteiger partial charge in [-0.05, 0) is 31.9 Å². The number of carbonyl (C=O) groups is 1. The van der Waals surface area contributed by atoms with Gasteiger partial charge >= 0.3 is 0 Å². The van der Waals surface area contributed by atoms with E-state index in [1.807, 2.05) is 11.2 Å². The maximum absolute atomic E-state index is 12.6. The lowest BCUT2D eigenvalue weighted by molar-refractivity contribution is -0.122. The number of nitrogens with zero attached hydrogens (tertiary/aromatic N) is 2. The molecule has 3 heterocycles. The van der Waals surface area contributed by atoms with Gasteiger partial charge in [-0.25, -0.2) is 5.43 Å². The summed E-state index contributed by atoms with van der Waals surface area (Å²) in [5.41, 5.74) is 7.55. The summed E-state index contributed by atoms with van der Waals surface area (Å²) in [5, 5.41) is 8.47. The Morgan fingerprint density at radius 3 is 2.84 bits per heavy atom. The Hall–Kier alpha value is -1.93. The molecule has 4 rings (SSSR count). The second-order valence-electron chi connectivity index (χ2n) is 6.99. The molecule has 7 nitrogen and oxygen atoms in total. The Morgan fingerprint density at radius 2 is 2.12 bits per heavy atom. The Morgan fingerprint density at radius 1 is 1.28 bits per heavy atom. The maximum atomic E-state index is 12.6. The summed E-state index contributed by atoms with van der Waals surface area (Å²) in [7, 11) is 1.74. The summed E-state index contributed by atoms with van der Waals surface area (Å²) in [5.74, 6) is -0.0330. The number of methoxy groups -OCH3 is 1. The molecule has 3 aliphatic rings. The monoisotopic (exact) mass is 343 g/mol. The van der Waals surface area contributed by atoms with Gasteiger partial charge in [0.1, 0.15) is 12.5 Å². The van der Waals surface area contributed by atoms with Gasteiger partial charge in [-0.3, -0.25) is 20.0 Å². The first-order chi connectivity index (χ1) is 12.0. The standard InChI is InChI=1S/C18H25N5O2/c1-11-4-5-15(12(2)8-11)23-10-14-16(21-23)19-18(20-17(14)24)22-7-6-13(9-22)25-3/h4-5,8,10,13,16,18-19,21H,6-7,9H2,1-3H3,(H,20,24). The van der Waals surface area contributed by atoms with E-state index in [1.165, 1.54) is 11.1 Å². The summed E-state index contributed by atoms with van der Waals surface area (Å²) in [6, 6.07) is 6.30. The molecule has 2 saturated heterocycles. The lowest BCUT2D eigenvalue weighted by Crippen LogP contribution is -2.66. The van der Waals surface area contributed by atoms with Gasteiger partial charge in [-0.2, -0.15) is 0 Å². The van der Waals surface area contributed by atoms with Gasteiger partial charge < -0.3 is 10.1 Å². The molecule has 3 N–H and O–H groups in total. The average molecular weight is 343 g/mol.